The van der Waals surface area contributed by atoms with E-state index in [0.717, 1.165) is 29.2 Å². The molecule has 0 radical (unpaired) electrons. The molecule has 3 atom stereocenters. The van der Waals surface area contributed by atoms with E-state index in [4.69, 9.17) is 15.2 Å². The second-order valence-corrected chi connectivity index (χ2v) is 9.27. The monoisotopic (exact) mass is 593 g/mol. The molecule has 0 spiro atoms. The Hall–Kier alpha value is -3.17. The van der Waals surface area contributed by atoms with E-state index in [1.165, 1.54) is 11.1 Å². The molecule has 5 rings (SSSR count). The number of amides is 1. The summed E-state index contributed by atoms with van der Waals surface area (Å²) in [6.45, 7) is 7.19. The first kappa shape index (κ1) is 32.0. The number of halogens is 3. The van der Waals surface area contributed by atoms with Crippen molar-refractivity contribution >= 4 is 66.0 Å². The lowest BCUT2D eigenvalue weighted by Crippen LogP contribution is -2.34. The summed E-state index contributed by atoms with van der Waals surface area (Å²) in [5.74, 6) is 1.81. The van der Waals surface area contributed by atoms with Gasteiger partial charge in [0.15, 0.2) is 12.2 Å². The van der Waals surface area contributed by atoms with Gasteiger partial charge in [0.2, 0.25) is 0 Å². The van der Waals surface area contributed by atoms with Gasteiger partial charge in [-0.05, 0) is 67.8 Å². The van der Waals surface area contributed by atoms with E-state index in [0.29, 0.717) is 23.8 Å². The number of benzene rings is 3. The predicted molar refractivity (Wildman–Crippen MR) is 164 cm³/mol. The minimum absolute atomic E-state index is 0. The number of fused-ring (bicyclic) bond motifs is 2. The molecule has 0 aliphatic carbocycles. The molecule has 5 N–H and O–H groups in total. The summed E-state index contributed by atoms with van der Waals surface area (Å²) in [7, 11) is 0. The lowest BCUT2D eigenvalue weighted by Gasteiger charge is -2.24. The molecule has 2 heterocycles. The van der Waals surface area contributed by atoms with Crippen LogP contribution < -0.4 is 31.2 Å². The Morgan fingerprint density at radius 1 is 0.923 bits per heavy atom. The highest BCUT2D eigenvalue weighted by Crippen LogP contribution is 2.34. The highest BCUT2D eigenvalue weighted by molar-refractivity contribution is 5.98. The van der Waals surface area contributed by atoms with Crippen LogP contribution >= 0.6 is 37.2 Å². The molecular formula is C28H34Cl3N5O3. The van der Waals surface area contributed by atoms with E-state index >= 15 is 0 Å². The molecule has 3 aromatic rings. The maximum absolute atomic E-state index is 11.9. The molecule has 3 aromatic carbocycles. The lowest BCUT2D eigenvalue weighted by atomic mass is 10.0. The van der Waals surface area contributed by atoms with Crippen molar-refractivity contribution in [3.8, 4) is 11.5 Å². The third-order valence-corrected chi connectivity index (χ3v) is 6.40. The Balaban J connectivity index is 0.00000178. The molecule has 0 fully saturated rings. The highest BCUT2D eigenvalue weighted by Gasteiger charge is 2.23. The molecule has 3 unspecified atom stereocenters. The lowest BCUT2D eigenvalue weighted by molar-refractivity contribution is -0.122. The second-order valence-electron chi connectivity index (χ2n) is 9.27. The van der Waals surface area contributed by atoms with Crippen molar-refractivity contribution in [2.24, 2.45) is 10.7 Å². The van der Waals surface area contributed by atoms with Crippen molar-refractivity contribution in [1.29, 1.82) is 0 Å². The van der Waals surface area contributed by atoms with E-state index in [9.17, 15) is 4.79 Å². The molecule has 2 aliphatic heterocycles. The number of ether oxygens (including phenoxy) is 2. The number of nitrogens with zero attached hydrogens (tertiary/aromatic N) is 1. The Labute approximate surface area is 247 Å². The summed E-state index contributed by atoms with van der Waals surface area (Å²) in [6.07, 6.45) is -0.680. The van der Waals surface area contributed by atoms with Gasteiger partial charge in [0.05, 0.1) is 5.69 Å². The third kappa shape index (κ3) is 7.48. The normalized spacial score (nSPS) is 17.6. The van der Waals surface area contributed by atoms with Gasteiger partial charge in [-0.3, -0.25) is 4.79 Å². The van der Waals surface area contributed by atoms with Crippen LogP contribution in [-0.4, -0.2) is 24.0 Å². The number of hydrogen-bond donors (Lipinski definition) is 4. The molecule has 2 aliphatic rings. The molecule has 0 saturated heterocycles. The Morgan fingerprint density at radius 3 is 2.38 bits per heavy atom. The second kappa shape index (κ2) is 13.8. The number of hydrogen-bond acceptors (Lipinski definition) is 7. The van der Waals surface area contributed by atoms with E-state index in [1.54, 1.807) is 6.92 Å². The highest BCUT2D eigenvalue weighted by atomic mass is 35.5. The van der Waals surface area contributed by atoms with Crippen molar-refractivity contribution in [3.63, 3.8) is 0 Å². The fourth-order valence-corrected chi connectivity index (χ4v) is 4.30. The van der Waals surface area contributed by atoms with Crippen LogP contribution in [0.1, 0.15) is 43.5 Å². The average Bonchev–Trinajstić information content (AvgIpc) is 2.86. The van der Waals surface area contributed by atoms with Crippen molar-refractivity contribution in [3.05, 3.63) is 77.4 Å². The van der Waals surface area contributed by atoms with E-state index in [2.05, 4.69) is 52.1 Å². The summed E-state index contributed by atoms with van der Waals surface area (Å²) >= 11 is 0. The standard InChI is InChI=1S/C28H31N5O3.3ClH/c1-16(31-22-8-10-26-24(13-22)33-28(34)18(3)36-26)21-6-4-5-19(11-21)14-30-15-20-7-9-25-23(12-20)32-27(29)17(2)35-25;;;/h4-13,16-18,30-31H,14-15H2,1-3H3,(H2,29,32)(H,33,34);3*1H. The van der Waals surface area contributed by atoms with Crippen molar-refractivity contribution in [1.82, 2.24) is 5.32 Å². The first-order valence-corrected chi connectivity index (χ1v) is 12.2. The number of nitrogens with two attached hydrogens (primary N) is 1. The largest absolute Gasteiger partial charge is 0.481 e. The van der Waals surface area contributed by atoms with Crippen LogP contribution in [0.4, 0.5) is 17.1 Å². The summed E-state index contributed by atoms with van der Waals surface area (Å²) in [5.41, 5.74) is 11.8. The van der Waals surface area contributed by atoms with Crippen molar-refractivity contribution in [2.45, 2.75) is 52.1 Å². The zero-order valence-electron chi connectivity index (χ0n) is 21.9. The Bertz CT molecular complexity index is 1340. The Kier molecular flexibility index (Phi) is 11.3. The molecule has 11 heteroatoms. The van der Waals surface area contributed by atoms with Crippen LogP contribution in [-0.2, 0) is 17.9 Å². The van der Waals surface area contributed by atoms with Crippen molar-refractivity contribution < 1.29 is 14.3 Å². The third-order valence-electron chi connectivity index (χ3n) is 6.40. The summed E-state index contributed by atoms with van der Waals surface area (Å²) in [6, 6.07) is 20.3. The quantitative estimate of drug-likeness (QED) is 0.271. The SMILES string of the molecule is CC1Oc2ccc(NC(C)c3cccc(CNCc4ccc5c(c4)N=C(N)C(C)O5)c3)cc2NC1=O.Cl.Cl.Cl. The van der Waals surface area contributed by atoms with Crippen LogP contribution in [0.5, 0.6) is 11.5 Å². The van der Waals surface area contributed by atoms with E-state index in [-0.39, 0.29) is 55.3 Å². The molecule has 0 bridgehead atoms. The van der Waals surface area contributed by atoms with Gasteiger partial charge in [0.1, 0.15) is 23.0 Å². The van der Waals surface area contributed by atoms with Gasteiger partial charge in [-0.1, -0.05) is 30.3 Å². The molecule has 8 nitrogen and oxygen atoms in total. The van der Waals surface area contributed by atoms with Gasteiger partial charge in [-0.25, -0.2) is 4.99 Å². The molecule has 1 amide bonds. The fraction of sp³-hybridized carbons (Fsp3) is 0.286. The molecule has 0 aromatic heterocycles. The maximum atomic E-state index is 11.9. The zero-order chi connectivity index (χ0) is 25.2. The van der Waals surface area contributed by atoms with Crippen LogP contribution in [0, 0.1) is 0 Å². The maximum Gasteiger partial charge on any atom is 0.265 e. The first-order valence-electron chi connectivity index (χ1n) is 12.2. The van der Waals surface area contributed by atoms with E-state index < -0.39 is 6.10 Å². The number of carbonyl (C=O) groups is 1. The summed E-state index contributed by atoms with van der Waals surface area (Å²) in [5, 5.41) is 9.92. The van der Waals surface area contributed by atoms with Crippen LogP contribution in [0.2, 0.25) is 0 Å². The molecular weight excluding hydrogens is 561 g/mol. The van der Waals surface area contributed by atoms with Gasteiger partial charge >= 0.3 is 0 Å². The number of amidine groups is 1. The number of carbonyl (C=O) groups excluding carboxylic acids is 1. The predicted octanol–water partition coefficient (Wildman–Crippen LogP) is 5.90. The van der Waals surface area contributed by atoms with Gasteiger partial charge < -0.3 is 31.2 Å². The number of aliphatic imine (C=N–C) groups is 1. The van der Waals surface area contributed by atoms with Crippen LogP contribution in [0.25, 0.3) is 0 Å². The van der Waals surface area contributed by atoms with E-state index in [1.807, 2.05) is 43.3 Å². The van der Waals surface area contributed by atoms with Crippen molar-refractivity contribution in [2.75, 3.05) is 10.6 Å². The number of anilines is 2. The smallest absolute Gasteiger partial charge is 0.265 e. The van der Waals surface area contributed by atoms with Gasteiger partial charge in [-0.15, -0.1) is 37.2 Å². The Morgan fingerprint density at radius 2 is 1.62 bits per heavy atom. The average molecular weight is 595 g/mol. The topological polar surface area (TPSA) is 110 Å². The zero-order valence-corrected chi connectivity index (χ0v) is 24.3. The molecule has 39 heavy (non-hydrogen) atoms. The summed E-state index contributed by atoms with van der Waals surface area (Å²) in [4.78, 5) is 16.4. The van der Waals surface area contributed by atoms with Gasteiger partial charge in [0.25, 0.3) is 5.91 Å². The fourth-order valence-electron chi connectivity index (χ4n) is 4.30. The minimum atomic E-state index is -0.482. The van der Waals surface area contributed by atoms with Gasteiger partial charge in [0, 0.05) is 24.8 Å². The first-order chi connectivity index (χ1) is 17.4. The van der Waals surface area contributed by atoms with Crippen LogP contribution in [0.15, 0.2) is 65.7 Å². The minimum Gasteiger partial charge on any atom is -0.481 e. The molecule has 210 valence electrons. The molecule has 0 saturated carbocycles. The summed E-state index contributed by atoms with van der Waals surface area (Å²) < 4.78 is 11.4. The number of nitrogens with one attached hydrogen (secondary N) is 3. The van der Waals surface area contributed by atoms with Crippen LogP contribution in [0.3, 0.4) is 0 Å². The number of rotatable bonds is 7. The van der Waals surface area contributed by atoms with Gasteiger partial charge in [-0.2, -0.15) is 0 Å².